The molecule has 2 heterocycles. The van der Waals surface area contributed by atoms with Crippen molar-refractivity contribution in [3.05, 3.63) is 47.4 Å². The molecule has 0 aliphatic rings. The van der Waals surface area contributed by atoms with Gasteiger partial charge in [0.1, 0.15) is 5.76 Å². The van der Waals surface area contributed by atoms with Crippen molar-refractivity contribution in [3.8, 4) is 17.5 Å². The van der Waals surface area contributed by atoms with Gasteiger partial charge in [-0.2, -0.15) is 5.26 Å². The van der Waals surface area contributed by atoms with Crippen molar-refractivity contribution in [1.82, 2.24) is 10.2 Å². The zero-order valence-corrected chi connectivity index (χ0v) is 16.7. The minimum Gasteiger partial charge on any atom is -0.469 e. The maximum atomic E-state index is 12.8. The van der Waals surface area contributed by atoms with Gasteiger partial charge in [-0.05, 0) is 50.1 Å². The first kappa shape index (κ1) is 19.7. The quantitative estimate of drug-likeness (QED) is 0.549. The molecule has 3 rings (SSSR count). The first-order chi connectivity index (χ1) is 13.5. The SMILES string of the molecule is Cc1cc(C)cc(N(CCC#N)C(=O)CSc2nnc(-c3ccoc3C)o2)c1. The molecular formula is C20H20N4O3S. The van der Waals surface area contributed by atoms with Gasteiger partial charge in [0.2, 0.25) is 5.91 Å². The number of aromatic nitrogens is 2. The molecule has 0 spiro atoms. The van der Waals surface area contributed by atoms with Gasteiger partial charge in [-0.25, -0.2) is 0 Å². The van der Waals surface area contributed by atoms with Crippen LogP contribution in [0.15, 0.2) is 44.6 Å². The number of aryl methyl sites for hydroxylation is 3. The van der Waals surface area contributed by atoms with Crippen LogP contribution in [0.25, 0.3) is 11.5 Å². The Hall–Kier alpha value is -3.05. The molecule has 1 aromatic carbocycles. The summed E-state index contributed by atoms with van der Waals surface area (Å²) in [5, 5.41) is 17.2. The number of nitriles is 1. The highest BCUT2D eigenvalue weighted by Crippen LogP contribution is 2.27. The van der Waals surface area contributed by atoms with E-state index >= 15 is 0 Å². The van der Waals surface area contributed by atoms with Crippen LogP contribution >= 0.6 is 11.8 Å². The summed E-state index contributed by atoms with van der Waals surface area (Å²) in [5.41, 5.74) is 3.65. The zero-order valence-electron chi connectivity index (χ0n) is 15.9. The number of rotatable bonds is 7. The first-order valence-electron chi connectivity index (χ1n) is 8.74. The first-order valence-corrected chi connectivity index (χ1v) is 9.73. The van der Waals surface area contributed by atoms with Crippen molar-refractivity contribution < 1.29 is 13.6 Å². The van der Waals surface area contributed by atoms with Crippen LogP contribution in [0.2, 0.25) is 0 Å². The Morgan fingerprint density at radius 3 is 2.61 bits per heavy atom. The standard InChI is InChI=1S/C20H20N4O3S/c1-13-9-14(2)11-16(10-13)24(7-4-6-21)18(25)12-28-20-23-22-19(27-20)17-5-8-26-15(17)3/h5,8-11H,4,7,12H2,1-3H3. The largest absolute Gasteiger partial charge is 0.469 e. The van der Waals surface area contributed by atoms with Gasteiger partial charge < -0.3 is 13.7 Å². The average Bonchev–Trinajstić information content (AvgIpc) is 3.28. The van der Waals surface area contributed by atoms with Crippen LogP contribution in [0.4, 0.5) is 5.69 Å². The van der Waals surface area contributed by atoms with Gasteiger partial charge in [0.15, 0.2) is 0 Å². The molecule has 0 bridgehead atoms. The van der Waals surface area contributed by atoms with E-state index < -0.39 is 0 Å². The fourth-order valence-corrected chi connectivity index (χ4v) is 3.49. The van der Waals surface area contributed by atoms with Crippen LogP contribution < -0.4 is 4.90 Å². The lowest BCUT2D eigenvalue weighted by Crippen LogP contribution is -2.33. The summed E-state index contributed by atoms with van der Waals surface area (Å²) in [5.74, 6) is 1.06. The van der Waals surface area contributed by atoms with Gasteiger partial charge >= 0.3 is 0 Å². The number of furan rings is 1. The van der Waals surface area contributed by atoms with Gasteiger partial charge in [-0.1, -0.05) is 17.8 Å². The minimum absolute atomic E-state index is 0.121. The highest BCUT2D eigenvalue weighted by atomic mass is 32.2. The number of benzene rings is 1. The monoisotopic (exact) mass is 396 g/mol. The summed E-state index contributed by atoms with van der Waals surface area (Å²) < 4.78 is 10.9. The Balaban J connectivity index is 1.71. The Morgan fingerprint density at radius 1 is 1.21 bits per heavy atom. The molecule has 8 heteroatoms. The number of nitrogens with zero attached hydrogens (tertiary/aromatic N) is 4. The summed E-state index contributed by atoms with van der Waals surface area (Å²) in [7, 11) is 0. The van der Waals surface area contributed by atoms with Crippen molar-refractivity contribution in [2.45, 2.75) is 32.4 Å². The van der Waals surface area contributed by atoms with Crippen LogP contribution in [-0.4, -0.2) is 28.4 Å². The molecule has 0 atom stereocenters. The van der Waals surface area contributed by atoms with Gasteiger partial charge in [-0.15, -0.1) is 10.2 Å². The normalized spacial score (nSPS) is 10.6. The lowest BCUT2D eigenvalue weighted by Gasteiger charge is -2.22. The predicted molar refractivity (Wildman–Crippen MR) is 106 cm³/mol. The Labute approximate surface area is 167 Å². The van der Waals surface area contributed by atoms with E-state index in [2.05, 4.69) is 16.3 Å². The van der Waals surface area contributed by atoms with E-state index in [-0.39, 0.29) is 18.1 Å². The van der Waals surface area contributed by atoms with Crippen molar-refractivity contribution in [1.29, 1.82) is 5.26 Å². The van der Waals surface area contributed by atoms with E-state index in [1.807, 2.05) is 39.0 Å². The number of anilines is 1. The summed E-state index contributed by atoms with van der Waals surface area (Å²) in [6.45, 7) is 6.11. The summed E-state index contributed by atoms with van der Waals surface area (Å²) in [4.78, 5) is 14.5. The molecule has 144 valence electrons. The maximum absolute atomic E-state index is 12.8. The lowest BCUT2D eigenvalue weighted by molar-refractivity contribution is -0.116. The van der Waals surface area contributed by atoms with Crippen LogP contribution in [0, 0.1) is 32.1 Å². The van der Waals surface area contributed by atoms with Gasteiger partial charge in [0, 0.05) is 12.2 Å². The molecule has 0 unspecified atom stereocenters. The van der Waals surface area contributed by atoms with Crippen molar-refractivity contribution in [3.63, 3.8) is 0 Å². The molecule has 2 aromatic heterocycles. The zero-order chi connectivity index (χ0) is 20.1. The second-order valence-electron chi connectivity index (χ2n) is 6.35. The highest BCUT2D eigenvalue weighted by Gasteiger charge is 2.19. The second-order valence-corrected chi connectivity index (χ2v) is 7.28. The molecule has 0 saturated heterocycles. The third-order valence-electron chi connectivity index (χ3n) is 4.08. The molecule has 1 amide bonds. The predicted octanol–water partition coefficient (Wildman–Crippen LogP) is 4.29. The number of hydrogen-bond donors (Lipinski definition) is 0. The molecule has 3 aromatic rings. The molecule has 0 aliphatic carbocycles. The lowest BCUT2D eigenvalue weighted by atomic mass is 10.1. The maximum Gasteiger partial charge on any atom is 0.277 e. The molecular weight excluding hydrogens is 376 g/mol. The number of hydrogen-bond acceptors (Lipinski definition) is 7. The Bertz CT molecular complexity index is 998. The molecule has 0 N–H and O–H groups in total. The molecule has 0 saturated carbocycles. The fraction of sp³-hybridized carbons (Fsp3) is 0.300. The van der Waals surface area contributed by atoms with Gasteiger partial charge in [0.05, 0.1) is 30.1 Å². The van der Waals surface area contributed by atoms with E-state index in [0.717, 1.165) is 22.4 Å². The third-order valence-corrected chi connectivity index (χ3v) is 4.88. The smallest absolute Gasteiger partial charge is 0.277 e. The van der Waals surface area contributed by atoms with Crippen LogP contribution in [-0.2, 0) is 4.79 Å². The van der Waals surface area contributed by atoms with Crippen molar-refractivity contribution >= 4 is 23.4 Å². The summed E-state index contributed by atoms with van der Waals surface area (Å²) in [6, 6.07) is 9.79. The molecule has 0 fully saturated rings. The van der Waals surface area contributed by atoms with E-state index in [4.69, 9.17) is 14.1 Å². The molecule has 0 aliphatic heterocycles. The third kappa shape index (κ3) is 4.61. The Kier molecular flexibility index (Phi) is 6.16. The number of thioether (sulfide) groups is 1. The summed E-state index contributed by atoms with van der Waals surface area (Å²) >= 11 is 1.17. The van der Waals surface area contributed by atoms with Crippen molar-refractivity contribution in [2.75, 3.05) is 17.2 Å². The molecule has 0 radical (unpaired) electrons. The molecule has 7 nitrogen and oxygen atoms in total. The Morgan fingerprint density at radius 2 is 1.96 bits per heavy atom. The summed E-state index contributed by atoms with van der Waals surface area (Å²) in [6.07, 6.45) is 1.82. The number of carbonyl (C=O) groups is 1. The number of amides is 1. The highest BCUT2D eigenvalue weighted by molar-refractivity contribution is 7.99. The number of carbonyl (C=O) groups excluding carboxylic acids is 1. The van der Waals surface area contributed by atoms with E-state index in [1.165, 1.54) is 11.8 Å². The molecule has 28 heavy (non-hydrogen) atoms. The van der Waals surface area contributed by atoms with E-state index in [1.54, 1.807) is 17.2 Å². The van der Waals surface area contributed by atoms with E-state index in [9.17, 15) is 4.79 Å². The van der Waals surface area contributed by atoms with Crippen LogP contribution in [0.3, 0.4) is 0 Å². The van der Waals surface area contributed by atoms with Crippen molar-refractivity contribution in [2.24, 2.45) is 0 Å². The van der Waals surface area contributed by atoms with Gasteiger partial charge in [-0.3, -0.25) is 4.79 Å². The van der Waals surface area contributed by atoms with Crippen LogP contribution in [0.5, 0.6) is 0 Å². The van der Waals surface area contributed by atoms with E-state index in [0.29, 0.717) is 23.4 Å². The minimum atomic E-state index is -0.121. The van der Waals surface area contributed by atoms with Gasteiger partial charge in [0.25, 0.3) is 11.1 Å². The average molecular weight is 396 g/mol. The van der Waals surface area contributed by atoms with Crippen LogP contribution in [0.1, 0.15) is 23.3 Å². The fourth-order valence-electron chi connectivity index (χ4n) is 2.85. The second kappa shape index (κ2) is 8.76. The topological polar surface area (TPSA) is 96.2 Å².